The second-order valence-electron chi connectivity index (χ2n) is 4.74. The standard InChI is InChI=1S/C12H12N.3CH3O.Sn/c1-9(13)11-7-6-10-4-2-3-5-12(10)8-11;3*1-2;/h2-6,8-9H,13H2,1H3;3*1H3;/q;3*-1;+3. The van der Waals surface area contributed by atoms with E-state index in [-0.39, 0.29) is 6.04 Å². The molecule has 108 valence electrons. The summed E-state index contributed by atoms with van der Waals surface area (Å²) in [5.74, 6) is 0. The van der Waals surface area contributed by atoms with E-state index in [0.29, 0.717) is 0 Å². The molecule has 0 aliphatic rings. The van der Waals surface area contributed by atoms with E-state index in [9.17, 15) is 0 Å². The average molecular weight is 382 g/mol. The van der Waals surface area contributed by atoms with Crippen molar-refractivity contribution in [3.63, 3.8) is 0 Å². The molecule has 0 spiro atoms. The molecule has 0 fully saturated rings. The van der Waals surface area contributed by atoms with Gasteiger partial charge in [-0.15, -0.1) is 0 Å². The predicted molar refractivity (Wildman–Crippen MR) is 83.0 cm³/mol. The summed E-state index contributed by atoms with van der Waals surface area (Å²) in [6.07, 6.45) is 0. The Morgan fingerprint density at radius 3 is 1.90 bits per heavy atom. The third-order valence-corrected chi connectivity index (χ3v) is 11.3. The van der Waals surface area contributed by atoms with Crippen molar-refractivity contribution >= 4 is 34.0 Å². The van der Waals surface area contributed by atoms with Gasteiger partial charge in [-0.25, -0.2) is 0 Å². The van der Waals surface area contributed by atoms with Crippen LogP contribution in [0, 0.1) is 0 Å². The van der Waals surface area contributed by atoms with Crippen LogP contribution in [0.25, 0.3) is 10.8 Å². The monoisotopic (exact) mass is 383 g/mol. The summed E-state index contributed by atoms with van der Waals surface area (Å²) < 4.78 is 18.0. The summed E-state index contributed by atoms with van der Waals surface area (Å²) >= 11 is -3.75. The fraction of sp³-hybridized carbons (Fsp3) is 0.333. The van der Waals surface area contributed by atoms with Crippen molar-refractivity contribution in [1.82, 2.24) is 0 Å². The van der Waals surface area contributed by atoms with Crippen molar-refractivity contribution in [1.29, 1.82) is 0 Å². The Labute approximate surface area is 125 Å². The molecule has 0 saturated heterocycles. The topological polar surface area (TPSA) is 53.7 Å². The predicted octanol–water partition coefficient (Wildman–Crippen LogP) is 1.94. The van der Waals surface area contributed by atoms with E-state index in [1.54, 1.807) is 21.3 Å². The van der Waals surface area contributed by atoms with Gasteiger partial charge in [0.15, 0.2) is 0 Å². The third kappa shape index (κ3) is 2.71. The molecular weight excluding hydrogens is 361 g/mol. The van der Waals surface area contributed by atoms with Gasteiger partial charge in [0.05, 0.1) is 0 Å². The Hall–Kier alpha value is -0.661. The van der Waals surface area contributed by atoms with Crippen LogP contribution in [-0.2, 0) is 9.22 Å². The second kappa shape index (κ2) is 6.41. The average Bonchev–Trinajstić information content (AvgIpc) is 2.48. The molecule has 2 rings (SSSR count). The van der Waals surface area contributed by atoms with Gasteiger partial charge in [-0.3, -0.25) is 0 Å². The normalized spacial score (nSPS) is 13.7. The van der Waals surface area contributed by atoms with Gasteiger partial charge in [0.1, 0.15) is 0 Å². The van der Waals surface area contributed by atoms with Gasteiger partial charge in [0.25, 0.3) is 0 Å². The summed E-state index contributed by atoms with van der Waals surface area (Å²) in [7, 11) is 4.93. The molecule has 1 unspecified atom stereocenters. The van der Waals surface area contributed by atoms with Crippen LogP contribution >= 0.6 is 0 Å². The minimum atomic E-state index is -3.75. The van der Waals surface area contributed by atoms with Crippen LogP contribution in [0.4, 0.5) is 0 Å². The molecule has 0 heterocycles. The van der Waals surface area contributed by atoms with Crippen molar-refractivity contribution in [3.05, 3.63) is 42.0 Å². The van der Waals surface area contributed by atoms with Crippen molar-refractivity contribution in [2.24, 2.45) is 5.73 Å². The molecule has 4 nitrogen and oxygen atoms in total. The summed E-state index contributed by atoms with van der Waals surface area (Å²) in [6, 6.07) is 12.3. The SMILES string of the molecule is C[O][Sn]([O]C)([O]C)[c]1cc2ccccc2cc1C(C)N. The van der Waals surface area contributed by atoms with E-state index in [1.165, 1.54) is 0 Å². The first-order valence-corrected chi connectivity index (χ1v) is 11.4. The molecule has 0 aromatic heterocycles. The molecule has 20 heavy (non-hydrogen) atoms. The van der Waals surface area contributed by atoms with Gasteiger partial charge in [-0.05, 0) is 0 Å². The quantitative estimate of drug-likeness (QED) is 0.804. The second-order valence-corrected chi connectivity index (χ2v) is 13.0. The van der Waals surface area contributed by atoms with Gasteiger partial charge in [0.2, 0.25) is 0 Å². The molecule has 0 aliphatic heterocycles. The van der Waals surface area contributed by atoms with E-state index in [4.69, 9.17) is 15.0 Å². The van der Waals surface area contributed by atoms with Crippen LogP contribution in [0.3, 0.4) is 0 Å². The molecule has 2 aromatic carbocycles. The van der Waals surface area contributed by atoms with Crippen LogP contribution in [-0.4, -0.2) is 40.9 Å². The number of hydrogen-bond donors (Lipinski definition) is 1. The van der Waals surface area contributed by atoms with Gasteiger partial charge in [-0.1, -0.05) is 0 Å². The van der Waals surface area contributed by atoms with Crippen LogP contribution in [0.5, 0.6) is 0 Å². The zero-order valence-electron chi connectivity index (χ0n) is 12.3. The molecule has 0 radical (unpaired) electrons. The Morgan fingerprint density at radius 1 is 0.950 bits per heavy atom. The van der Waals surface area contributed by atoms with Crippen LogP contribution in [0.15, 0.2) is 36.4 Å². The summed E-state index contributed by atoms with van der Waals surface area (Å²) in [6.45, 7) is 1.96. The van der Waals surface area contributed by atoms with Crippen molar-refractivity contribution in [2.45, 2.75) is 13.0 Å². The van der Waals surface area contributed by atoms with E-state index in [0.717, 1.165) is 19.9 Å². The number of hydrogen-bond acceptors (Lipinski definition) is 4. The third-order valence-electron chi connectivity index (χ3n) is 3.54. The molecule has 2 aromatic rings. The Bertz CT molecular complexity index is 588. The molecule has 2 N–H and O–H groups in total. The number of rotatable bonds is 5. The molecule has 0 aliphatic carbocycles. The van der Waals surface area contributed by atoms with Gasteiger partial charge in [-0.2, -0.15) is 0 Å². The molecule has 0 saturated carbocycles. The zero-order valence-corrected chi connectivity index (χ0v) is 15.2. The number of fused-ring (bicyclic) bond motifs is 1. The molecule has 5 heteroatoms. The molecule has 0 bridgehead atoms. The maximum absolute atomic E-state index is 6.13. The molecular formula is C15H21NO3Sn. The van der Waals surface area contributed by atoms with Crippen LogP contribution in [0.2, 0.25) is 0 Å². The summed E-state index contributed by atoms with van der Waals surface area (Å²) in [5.41, 5.74) is 7.17. The van der Waals surface area contributed by atoms with Crippen molar-refractivity contribution in [2.75, 3.05) is 21.3 Å². The first-order valence-electron chi connectivity index (χ1n) is 6.52. The van der Waals surface area contributed by atoms with Crippen molar-refractivity contribution < 1.29 is 9.22 Å². The summed E-state index contributed by atoms with van der Waals surface area (Å²) in [5, 5.41) is 2.30. The zero-order chi connectivity index (χ0) is 14.8. The Balaban J connectivity index is 2.75. The first kappa shape index (κ1) is 15.7. The molecule has 1 atom stereocenters. The van der Waals surface area contributed by atoms with Crippen molar-refractivity contribution in [3.8, 4) is 0 Å². The van der Waals surface area contributed by atoms with E-state index in [2.05, 4.69) is 24.3 Å². The van der Waals surface area contributed by atoms with E-state index in [1.807, 2.05) is 19.1 Å². The fourth-order valence-corrected chi connectivity index (χ4v) is 8.60. The first-order chi connectivity index (χ1) is 9.57. The van der Waals surface area contributed by atoms with Crippen LogP contribution < -0.4 is 9.31 Å². The minimum absolute atomic E-state index is 0.105. The van der Waals surface area contributed by atoms with Gasteiger partial charge in [0, 0.05) is 0 Å². The van der Waals surface area contributed by atoms with Gasteiger partial charge < -0.3 is 0 Å². The van der Waals surface area contributed by atoms with Gasteiger partial charge >= 0.3 is 125 Å². The number of benzene rings is 2. The summed E-state index contributed by atoms with van der Waals surface area (Å²) in [4.78, 5) is 0. The fourth-order valence-electron chi connectivity index (χ4n) is 2.48. The van der Waals surface area contributed by atoms with E-state index >= 15 is 0 Å². The maximum atomic E-state index is 6.13. The number of nitrogens with two attached hydrogens (primary N) is 1. The van der Waals surface area contributed by atoms with Crippen LogP contribution in [0.1, 0.15) is 18.5 Å². The Morgan fingerprint density at radius 2 is 1.45 bits per heavy atom. The Kier molecular flexibility index (Phi) is 5.04. The van der Waals surface area contributed by atoms with E-state index < -0.39 is 19.6 Å². The molecule has 0 amide bonds.